The van der Waals surface area contributed by atoms with Crippen molar-refractivity contribution in [1.29, 1.82) is 0 Å². The van der Waals surface area contributed by atoms with E-state index in [0.717, 1.165) is 63.7 Å². The maximum Gasteiger partial charge on any atom is 0.410 e. The Kier molecular flexibility index (Phi) is 8.61. The number of likely N-dealkylation sites (tertiary alicyclic amines) is 1. The highest BCUT2D eigenvalue weighted by Gasteiger charge is 2.48. The number of carbonyl (C=O) groups is 2. The molecule has 4 aliphatic rings. The molecule has 4 fully saturated rings. The second-order valence-corrected chi connectivity index (χ2v) is 12.0. The van der Waals surface area contributed by atoms with Crippen molar-refractivity contribution >= 4 is 12.1 Å². The van der Waals surface area contributed by atoms with E-state index in [1.807, 2.05) is 42.2 Å². The van der Waals surface area contributed by atoms with Gasteiger partial charge < -0.3 is 24.8 Å². The van der Waals surface area contributed by atoms with Gasteiger partial charge in [0.25, 0.3) is 0 Å². The zero-order valence-electron chi connectivity index (χ0n) is 23.3. The van der Waals surface area contributed by atoms with Crippen LogP contribution < -0.4 is 5.32 Å². The van der Waals surface area contributed by atoms with Gasteiger partial charge in [-0.1, -0.05) is 55.3 Å². The van der Waals surface area contributed by atoms with Crippen LogP contribution in [-0.4, -0.2) is 77.2 Å². The van der Waals surface area contributed by atoms with E-state index in [0.29, 0.717) is 43.1 Å². The molecule has 2 saturated carbocycles. The van der Waals surface area contributed by atoms with Gasteiger partial charge in [-0.15, -0.1) is 0 Å². The molecule has 0 aromatic heterocycles. The van der Waals surface area contributed by atoms with Crippen molar-refractivity contribution in [3.05, 3.63) is 48.0 Å². The average Bonchev–Trinajstić information content (AvgIpc) is 3.49. The van der Waals surface area contributed by atoms with Gasteiger partial charge in [-0.05, 0) is 69.8 Å². The normalized spacial score (nSPS) is 30.1. The summed E-state index contributed by atoms with van der Waals surface area (Å²) in [5.74, 6) is 0.996. The summed E-state index contributed by atoms with van der Waals surface area (Å²) in [7, 11) is 0. The number of amides is 3. The number of allylic oxidation sites excluding steroid dienone is 1. The van der Waals surface area contributed by atoms with Gasteiger partial charge in [0.2, 0.25) is 0 Å². The number of nitrogens with one attached hydrogen (secondary N) is 1. The van der Waals surface area contributed by atoms with Crippen LogP contribution in [0.5, 0.6) is 0 Å². The number of rotatable bonds is 8. The van der Waals surface area contributed by atoms with Gasteiger partial charge in [0.15, 0.2) is 0 Å². The van der Waals surface area contributed by atoms with Crippen LogP contribution in [0.4, 0.5) is 9.59 Å². The summed E-state index contributed by atoms with van der Waals surface area (Å²) in [5, 5.41) is 3.28. The minimum absolute atomic E-state index is 0. The van der Waals surface area contributed by atoms with Crippen molar-refractivity contribution < 1.29 is 15.8 Å². The summed E-state index contributed by atoms with van der Waals surface area (Å²) in [6, 6.07) is 11.3. The number of carbonyl (C=O) groups excluding carboxylic acids is 2. The Labute approximate surface area is 230 Å². The molecule has 1 aromatic carbocycles. The topological polar surface area (TPSA) is 65.1 Å². The first-order chi connectivity index (χ1) is 18.4. The maximum atomic E-state index is 13.0. The number of fused-ring (bicyclic) bond motifs is 1. The number of piperidine rings is 1. The first-order valence-electron chi connectivity index (χ1n) is 14.9. The SMILES string of the molecule is C=C(C)C1CC(N2C(=O)N[C@@H]3CCCC[C@@H]32)C[C@@H]1CN1CCC(N(CC)C(=O)OCc2ccccc2)CC1.[HH]. The summed E-state index contributed by atoms with van der Waals surface area (Å²) >= 11 is 0. The number of benzene rings is 1. The van der Waals surface area contributed by atoms with E-state index in [2.05, 4.69) is 28.6 Å². The first kappa shape index (κ1) is 27.0. The molecule has 5 atom stereocenters. The molecule has 5 rings (SSSR count). The summed E-state index contributed by atoms with van der Waals surface area (Å²) in [6.45, 7) is 12.6. The zero-order valence-corrected chi connectivity index (χ0v) is 23.3. The summed E-state index contributed by atoms with van der Waals surface area (Å²) in [5.41, 5.74) is 2.27. The Hall–Kier alpha value is -2.54. The van der Waals surface area contributed by atoms with Gasteiger partial charge in [0, 0.05) is 39.7 Å². The fraction of sp³-hybridized carbons (Fsp3) is 0.677. The van der Waals surface area contributed by atoms with Crippen LogP contribution in [0.15, 0.2) is 42.5 Å². The van der Waals surface area contributed by atoms with Crippen LogP contribution in [-0.2, 0) is 11.3 Å². The molecule has 7 heteroatoms. The Bertz CT molecular complexity index is 983. The Morgan fingerprint density at radius 3 is 2.58 bits per heavy atom. The van der Waals surface area contributed by atoms with Gasteiger partial charge in [-0.3, -0.25) is 0 Å². The average molecular weight is 525 g/mol. The summed E-state index contributed by atoms with van der Waals surface area (Å²) in [6.07, 6.45) is 8.57. The third kappa shape index (κ3) is 5.88. The molecule has 0 bridgehead atoms. The summed E-state index contributed by atoms with van der Waals surface area (Å²) in [4.78, 5) is 32.5. The Balaban J connectivity index is 0.00000353. The molecule has 0 radical (unpaired) electrons. The van der Waals surface area contributed by atoms with Gasteiger partial charge in [0.05, 0.1) is 12.1 Å². The molecular weight excluding hydrogens is 476 g/mol. The fourth-order valence-corrected chi connectivity index (χ4v) is 7.64. The van der Waals surface area contributed by atoms with Gasteiger partial charge >= 0.3 is 12.1 Å². The van der Waals surface area contributed by atoms with E-state index < -0.39 is 0 Å². The Morgan fingerprint density at radius 2 is 1.87 bits per heavy atom. The highest BCUT2D eigenvalue weighted by atomic mass is 16.6. The highest BCUT2D eigenvalue weighted by Crippen LogP contribution is 2.42. The molecule has 1 aromatic rings. The number of ether oxygens (including phenoxy) is 1. The highest BCUT2D eigenvalue weighted by molar-refractivity contribution is 5.78. The second kappa shape index (κ2) is 12.1. The van der Waals surface area contributed by atoms with Crippen molar-refractivity contribution in [2.45, 2.75) is 96.0 Å². The van der Waals surface area contributed by atoms with E-state index in [1.165, 1.54) is 18.4 Å². The molecule has 0 spiro atoms. The Morgan fingerprint density at radius 1 is 1.13 bits per heavy atom. The molecule has 2 aliphatic heterocycles. The van der Waals surface area contributed by atoms with Crippen molar-refractivity contribution in [3.8, 4) is 0 Å². The number of hydrogen-bond donors (Lipinski definition) is 1. The molecule has 1 N–H and O–H groups in total. The molecule has 2 aliphatic carbocycles. The fourth-order valence-electron chi connectivity index (χ4n) is 7.64. The van der Waals surface area contributed by atoms with Crippen LogP contribution in [0.25, 0.3) is 0 Å². The van der Waals surface area contributed by atoms with Crippen molar-refractivity contribution in [3.63, 3.8) is 0 Å². The standard InChI is InChI=1S/C31H46N4O3.H2/c1-4-34(31(37)38-21-23-10-6-5-7-11-23)25-14-16-33(17-15-25)20-24-18-26(19-27(24)22(2)3)35-29-13-9-8-12-28(29)32-30(35)36;/h5-7,10-11,24-29H,2,4,8-9,12-21H2,1,3H3,(H,32,36);1H/t24-,26?,27?,28-,29+;/m1./s1. The second-order valence-electron chi connectivity index (χ2n) is 12.0. The summed E-state index contributed by atoms with van der Waals surface area (Å²) < 4.78 is 5.64. The minimum atomic E-state index is -0.208. The lowest BCUT2D eigenvalue weighted by molar-refractivity contribution is 0.0595. The van der Waals surface area contributed by atoms with Crippen LogP contribution >= 0.6 is 0 Å². The smallest absolute Gasteiger partial charge is 0.410 e. The quantitative estimate of drug-likeness (QED) is 0.446. The van der Waals surface area contributed by atoms with Gasteiger partial charge in [0.1, 0.15) is 6.61 Å². The molecule has 3 amide bonds. The van der Waals surface area contributed by atoms with Crippen LogP contribution in [0.2, 0.25) is 0 Å². The lowest BCUT2D eigenvalue weighted by Gasteiger charge is -2.39. The van der Waals surface area contributed by atoms with E-state index in [9.17, 15) is 9.59 Å². The lowest BCUT2D eigenvalue weighted by atomic mass is 9.89. The van der Waals surface area contributed by atoms with E-state index in [-0.39, 0.29) is 19.6 Å². The molecule has 2 saturated heterocycles. The molecule has 210 valence electrons. The van der Waals surface area contributed by atoms with Crippen LogP contribution in [0.1, 0.15) is 72.2 Å². The van der Waals surface area contributed by atoms with E-state index >= 15 is 0 Å². The lowest BCUT2D eigenvalue weighted by Crippen LogP contribution is -2.48. The predicted molar refractivity (Wildman–Crippen MR) is 152 cm³/mol. The first-order valence-corrected chi connectivity index (χ1v) is 14.9. The molecule has 38 heavy (non-hydrogen) atoms. The molecule has 2 heterocycles. The van der Waals surface area contributed by atoms with Crippen molar-refractivity contribution in [2.24, 2.45) is 11.8 Å². The third-order valence-electron chi connectivity index (χ3n) is 9.60. The van der Waals surface area contributed by atoms with Crippen LogP contribution in [0, 0.1) is 11.8 Å². The van der Waals surface area contributed by atoms with Gasteiger partial charge in [-0.2, -0.15) is 0 Å². The predicted octanol–water partition coefficient (Wildman–Crippen LogP) is 5.66. The number of hydrogen-bond acceptors (Lipinski definition) is 4. The van der Waals surface area contributed by atoms with Gasteiger partial charge in [-0.25, -0.2) is 9.59 Å². The van der Waals surface area contributed by atoms with E-state index in [1.54, 1.807) is 0 Å². The van der Waals surface area contributed by atoms with Crippen LogP contribution in [0.3, 0.4) is 0 Å². The third-order valence-corrected chi connectivity index (χ3v) is 9.60. The zero-order chi connectivity index (χ0) is 26.6. The maximum absolute atomic E-state index is 13.0. The molecular formula is C31H48N4O3. The van der Waals surface area contributed by atoms with Crippen molar-refractivity contribution in [2.75, 3.05) is 26.2 Å². The minimum Gasteiger partial charge on any atom is -0.445 e. The van der Waals surface area contributed by atoms with Crippen molar-refractivity contribution in [1.82, 2.24) is 20.0 Å². The molecule has 7 nitrogen and oxygen atoms in total. The monoisotopic (exact) mass is 524 g/mol. The number of nitrogens with zero attached hydrogens (tertiary/aromatic N) is 3. The largest absolute Gasteiger partial charge is 0.445 e. The van der Waals surface area contributed by atoms with E-state index in [4.69, 9.17) is 4.74 Å². The number of urea groups is 1. The molecule has 2 unspecified atom stereocenters.